The molecule has 0 bridgehead atoms. The number of hydrogen-bond donors (Lipinski definition) is 2. The molecule has 8 heteroatoms. The first-order valence-corrected chi connectivity index (χ1v) is 18.0. The predicted molar refractivity (Wildman–Crippen MR) is 204 cm³/mol. The van der Waals surface area contributed by atoms with Crippen molar-refractivity contribution in [2.45, 2.75) is 72.5 Å². The quantitative estimate of drug-likeness (QED) is 0.125. The third-order valence-corrected chi connectivity index (χ3v) is 10.7. The van der Waals surface area contributed by atoms with Crippen LogP contribution in [0.25, 0.3) is 22.3 Å². The molecule has 0 spiro atoms. The predicted octanol–water partition coefficient (Wildman–Crippen LogP) is 9.61. The summed E-state index contributed by atoms with van der Waals surface area (Å²) in [6.07, 6.45) is 8.39. The number of carboxylic acid groups (broad SMARTS) is 1. The summed E-state index contributed by atoms with van der Waals surface area (Å²) in [5.41, 5.74) is 11.6. The highest BCUT2D eigenvalue weighted by Crippen LogP contribution is 2.38. The zero-order chi connectivity index (χ0) is 36.8. The number of fused-ring (bicyclic) bond motifs is 1. The van der Waals surface area contributed by atoms with Crippen molar-refractivity contribution in [3.8, 4) is 39.8 Å². The molecular weight excluding hydrogens is 672 g/mol. The maximum Gasteiger partial charge on any atom is 0.311 e. The molecule has 1 atom stereocenters. The number of halogens is 1. The van der Waals surface area contributed by atoms with Crippen molar-refractivity contribution in [2.75, 3.05) is 6.61 Å². The fourth-order valence-corrected chi connectivity index (χ4v) is 7.14. The van der Waals surface area contributed by atoms with Gasteiger partial charge in [0.15, 0.2) is 0 Å². The van der Waals surface area contributed by atoms with Crippen LogP contribution in [0.3, 0.4) is 0 Å². The van der Waals surface area contributed by atoms with E-state index in [1.54, 1.807) is 24.4 Å². The summed E-state index contributed by atoms with van der Waals surface area (Å²) in [5, 5.41) is 29.2. The van der Waals surface area contributed by atoms with Crippen molar-refractivity contribution in [3.05, 3.63) is 135 Å². The molecule has 1 aliphatic carbocycles. The standard InChI is InChI=1S/C44H43ClN2O5/c1-28-36(10-6-12-38(28)39-13-7-11-37(29(39)2)34-15-14-32-8-4-5-9-33(32)19-34)26-52-42-21-41(51-25-31-18-30(22-46)23-47-24-31)35(20-40(42)45)16-17-44(3,27-48)43(49)50/h6-7,10-15,18-21,23-24,48H,4-5,8-9,16-17,25-27H2,1-3H3,(H,49,50)/t44-/m0/s1. The highest BCUT2D eigenvalue weighted by molar-refractivity contribution is 6.32. The lowest BCUT2D eigenvalue weighted by molar-refractivity contribution is -0.150. The SMILES string of the molecule is Cc1c(COc2cc(OCc3cncc(C#N)c3)c(CC[C@@](C)(CO)C(=O)O)cc2Cl)cccc1-c1cccc(-c2ccc3c(c2)CCCC3)c1C. The van der Waals surface area contributed by atoms with Gasteiger partial charge in [0.1, 0.15) is 30.8 Å². The average molecular weight is 715 g/mol. The van der Waals surface area contributed by atoms with Gasteiger partial charge < -0.3 is 19.7 Å². The highest BCUT2D eigenvalue weighted by Gasteiger charge is 2.32. The fraction of sp³-hybridized carbons (Fsp3) is 0.295. The summed E-state index contributed by atoms with van der Waals surface area (Å²) in [4.78, 5) is 16.0. The Morgan fingerprint density at radius 1 is 0.865 bits per heavy atom. The Kier molecular flexibility index (Phi) is 11.3. The number of aliphatic hydroxyl groups excluding tert-OH is 1. The molecule has 0 amide bonds. The normalized spacial score (nSPS) is 13.5. The Balaban J connectivity index is 1.26. The number of aromatic nitrogens is 1. The largest absolute Gasteiger partial charge is 0.488 e. The summed E-state index contributed by atoms with van der Waals surface area (Å²) in [6, 6.07) is 27.0. The van der Waals surface area contributed by atoms with E-state index in [1.807, 2.05) is 0 Å². The van der Waals surface area contributed by atoms with Crippen molar-refractivity contribution >= 4 is 17.6 Å². The summed E-state index contributed by atoms with van der Waals surface area (Å²) in [7, 11) is 0. The summed E-state index contributed by atoms with van der Waals surface area (Å²) >= 11 is 6.79. The van der Waals surface area contributed by atoms with Gasteiger partial charge in [-0.2, -0.15) is 5.26 Å². The van der Waals surface area contributed by atoms with Gasteiger partial charge in [0.2, 0.25) is 0 Å². The number of nitriles is 1. The Morgan fingerprint density at radius 2 is 1.58 bits per heavy atom. The van der Waals surface area contributed by atoms with Gasteiger partial charge in [0, 0.05) is 24.0 Å². The first-order valence-electron chi connectivity index (χ1n) is 17.7. The lowest BCUT2D eigenvalue weighted by atomic mass is 9.85. The van der Waals surface area contributed by atoms with Gasteiger partial charge in [-0.15, -0.1) is 0 Å². The van der Waals surface area contributed by atoms with E-state index in [0.717, 1.165) is 23.1 Å². The third kappa shape index (κ3) is 7.99. The molecule has 0 unspecified atom stereocenters. The second-order valence-corrected chi connectivity index (χ2v) is 14.4. The van der Waals surface area contributed by atoms with Gasteiger partial charge in [-0.25, -0.2) is 0 Å². The Hall–Kier alpha value is -5.16. The first-order chi connectivity index (χ1) is 25.1. The molecule has 0 aliphatic heterocycles. The fourth-order valence-electron chi connectivity index (χ4n) is 6.90. The molecule has 266 valence electrons. The number of benzene rings is 4. The Bertz CT molecular complexity index is 2160. The number of hydrogen-bond acceptors (Lipinski definition) is 6. The van der Waals surface area contributed by atoms with Crippen molar-refractivity contribution in [2.24, 2.45) is 5.41 Å². The van der Waals surface area contributed by atoms with Gasteiger partial charge in [-0.05, 0) is 127 Å². The lowest BCUT2D eigenvalue weighted by Gasteiger charge is -2.23. The molecule has 0 radical (unpaired) electrons. The Morgan fingerprint density at radius 3 is 2.33 bits per heavy atom. The van der Waals surface area contributed by atoms with Crippen molar-refractivity contribution in [1.82, 2.24) is 4.98 Å². The summed E-state index contributed by atoms with van der Waals surface area (Å²) < 4.78 is 12.6. The van der Waals surface area contributed by atoms with E-state index in [1.165, 1.54) is 65.8 Å². The van der Waals surface area contributed by atoms with Crippen LogP contribution in [0.15, 0.2) is 85.2 Å². The maximum atomic E-state index is 11.9. The van der Waals surface area contributed by atoms with E-state index in [-0.39, 0.29) is 19.6 Å². The summed E-state index contributed by atoms with van der Waals surface area (Å²) in [6.45, 7) is 5.70. The number of ether oxygens (including phenoxy) is 2. The van der Waals surface area contributed by atoms with Crippen molar-refractivity contribution < 1.29 is 24.5 Å². The van der Waals surface area contributed by atoms with Crippen LogP contribution in [0.5, 0.6) is 11.5 Å². The number of nitrogens with zero attached hydrogens (tertiary/aromatic N) is 2. The second kappa shape index (κ2) is 16.0. The van der Waals surface area contributed by atoms with Crippen LogP contribution in [0, 0.1) is 30.6 Å². The molecule has 5 aromatic rings. The van der Waals surface area contributed by atoms with Crippen LogP contribution in [-0.4, -0.2) is 27.8 Å². The highest BCUT2D eigenvalue weighted by atomic mass is 35.5. The number of rotatable bonds is 13. The Labute approximate surface area is 310 Å². The van der Waals surface area contributed by atoms with E-state index in [0.29, 0.717) is 39.6 Å². The first kappa shape index (κ1) is 36.6. The van der Waals surface area contributed by atoms with Crippen LogP contribution in [0.2, 0.25) is 5.02 Å². The van der Waals surface area contributed by atoms with Crippen molar-refractivity contribution in [3.63, 3.8) is 0 Å². The van der Waals surface area contributed by atoms with Gasteiger partial charge in [-0.3, -0.25) is 9.78 Å². The topological polar surface area (TPSA) is 113 Å². The number of carboxylic acids is 1. The molecule has 1 heterocycles. The smallest absolute Gasteiger partial charge is 0.311 e. The number of aliphatic carboxylic acids is 1. The van der Waals surface area contributed by atoms with E-state index in [9.17, 15) is 20.3 Å². The second-order valence-electron chi connectivity index (χ2n) is 13.9. The van der Waals surface area contributed by atoms with Crippen LogP contribution in [0.4, 0.5) is 0 Å². The number of carbonyl (C=O) groups is 1. The lowest BCUT2D eigenvalue weighted by Crippen LogP contribution is -2.32. The zero-order valence-electron chi connectivity index (χ0n) is 29.8. The van der Waals surface area contributed by atoms with Gasteiger partial charge in [0.05, 0.1) is 22.6 Å². The van der Waals surface area contributed by atoms with E-state index in [4.69, 9.17) is 21.1 Å². The number of pyridine rings is 1. The molecule has 0 saturated carbocycles. The molecule has 4 aromatic carbocycles. The molecule has 2 N–H and O–H groups in total. The van der Waals surface area contributed by atoms with Crippen LogP contribution < -0.4 is 9.47 Å². The van der Waals surface area contributed by atoms with Crippen molar-refractivity contribution in [1.29, 1.82) is 5.26 Å². The molecule has 1 aliphatic rings. The molecular formula is C44H43ClN2O5. The van der Waals surface area contributed by atoms with Crippen LogP contribution >= 0.6 is 11.6 Å². The third-order valence-electron chi connectivity index (χ3n) is 10.4. The molecule has 1 aromatic heterocycles. The summed E-state index contributed by atoms with van der Waals surface area (Å²) in [5.74, 6) is -0.198. The molecule has 6 rings (SSSR count). The molecule has 52 heavy (non-hydrogen) atoms. The van der Waals surface area contributed by atoms with E-state index in [2.05, 4.69) is 79.5 Å². The average Bonchev–Trinajstić information content (AvgIpc) is 3.16. The molecule has 7 nitrogen and oxygen atoms in total. The maximum absolute atomic E-state index is 11.9. The van der Waals surface area contributed by atoms with Gasteiger partial charge >= 0.3 is 5.97 Å². The number of aliphatic hydroxyl groups is 1. The zero-order valence-corrected chi connectivity index (χ0v) is 30.6. The molecule has 0 fully saturated rings. The van der Waals surface area contributed by atoms with Gasteiger partial charge in [0.25, 0.3) is 0 Å². The minimum Gasteiger partial charge on any atom is -0.488 e. The van der Waals surface area contributed by atoms with Gasteiger partial charge in [-0.1, -0.05) is 66.2 Å². The number of aryl methyl sites for hydroxylation is 3. The van der Waals surface area contributed by atoms with E-state index >= 15 is 0 Å². The molecule has 0 saturated heterocycles. The monoisotopic (exact) mass is 714 g/mol. The van der Waals surface area contributed by atoms with E-state index < -0.39 is 18.0 Å². The van der Waals surface area contributed by atoms with Crippen LogP contribution in [0.1, 0.15) is 70.7 Å². The van der Waals surface area contributed by atoms with Crippen LogP contribution in [-0.2, 0) is 37.3 Å². The minimum absolute atomic E-state index is 0.123. The minimum atomic E-state index is -1.33.